The number of rotatable bonds is 5. The molecule has 3 nitrogen and oxygen atoms in total. The molecule has 0 saturated heterocycles. The smallest absolute Gasteiger partial charge is 0.238 e. The first-order valence-electron chi connectivity index (χ1n) is 6.56. The summed E-state index contributed by atoms with van der Waals surface area (Å²) < 4.78 is 13.0. The van der Waals surface area contributed by atoms with Gasteiger partial charge in [0.05, 0.1) is 11.6 Å². The van der Waals surface area contributed by atoms with E-state index >= 15 is 0 Å². The fourth-order valence-corrected chi connectivity index (χ4v) is 2.10. The lowest BCUT2D eigenvalue weighted by molar-refractivity contribution is -0.115. The third-order valence-electron chi connectivity index (χ3n) is 2.90. The number of aryl methyl sites for hydroxylation is 1. The molecule has 0 aliphatic heterocycles. The van der Waals surface area contributed by atoms with E-state index in [1.54, 1.807) is 0 Å². The van der Waals surface area contributed by atoms with E-state index in [4.69, 9.17) is 11.6 Å². The second-order valence-corrected chi connectivity index (χ2v) is 5.18. The van der Waals surface area contributed by atoms with Crippen LogP contribution in [0.4, 0.5) is 10.1 Å². The Hall–Kier alpha value is -1.91. The zero-order valence-corrected chi connectivity index (χ0v) is 12.4. The van der Waals surface area contributed by atoms with Gasteiger partial charge in [-0.05, 0) is 30.7 Å². The molecule has 2 rings (SSSR count). The maximum atomic E-state index is 13.0. The molecule has 0 aromatic heterocycles. The van der Waals surface area contributed by atoms with Crippen LogP contribution < -0.4 is 10.6 Å². The van der Waals surface area contributed by atoms with Gasteiger partial charge in [-0.15, -0.1) is 0 Å². The monoisotopic (exact) mass is 306 g/mol. The molecule has 0 radical (unpaired) electrons. The van der Waals surface area contributed by atoms with E-state index in [0.29, 0.717) is 12.2 Å². The fraction of sp³-hybridized carbons (Fsp3) is 0.188. The summed E-state index contributed by atoms with van der Waals surface area (Å²) in [5.74, 6) is -0.711. The number of nitrogens with one attached hydrogen (secondary N) is 2. The average molecular weight is 307 g/mol. The van der Waals surface area contributed by atoms with Crippen LogP contribution in [0.2, 0.25) is 5.02 Å². The minimum Gasteiger partial charge on any atom is -0.325 e. The first-order valence-corrected chi connectivity index (χ1v) is 6.93. The van der Waals surface area contributed by atoms with Crippen LogP contribution in [-0.4, -0.2) is 12.5 Å². The van der Waals surface area contributed by atoms with Crippen LogP contribution in [0.5, 0.6) is 0 Å². The Kier molecular flexibility index (Phi) is 5.31. The lowest BCUT2D eigenvalue weighted by Gasteiger charge is -2.08. The van der Waals surface area contributed by atoms with Gasteiger partial charge in [-0.25, -0.2) is 4.39 Å². The van der Waals surface area contributed by atoms with E-state index in [0.717, 1.165) is 5.56 Å². The molecule has 21 heavy (non-hydrogen) atoms. The molecule has 0 spiro atoms. The van der Waals surface area contributed by atoms with Crippen molar-refractivity contribution in [3.63, 3.8) is 0 Å². The number of carbonyl (C=O) groups is 1. The summed E-state index contributed by atoms with van der Waals surface area (Å²) >= 11 is 5.65. The lowest BCUT2D eigenvalue weighted by Crippen LogP contribution is -2.27. The maximum Gasteiger partial charge on any atom is 0.238 e. The van der Waals surface area contributed by atoms with Crippen molar-refractivity contribution in [2.75, 3.05) is 11.9 Å². The van der Waals surface area contributed by atoms with E-state index in [2.05, 4.69) is 16.7 Å². The summed E-state index contributed by atoms with van der Waals surface area (Å²) in [5.41, 5.74) is 2.77. The van der Waals surface area contributed by atoms with Gasteiger partial charge in [0.2, 0.25) is 5.91 Å². The minimum atomic E-state index is -0.507. The predicted molar refractivity (Wildman–Crippen MR) is 82.9 cm³/mol. The van der Waals surface area contributed by atoms with E-state index in [-0.39, 0.29) is 17.5 Å². The topological polar surface area (TPSA) is 41.1 Å². The molecule has 2 aromatic carbocycles. The third-order valence-corrected chi connectivity index (χ3v) is 3.19. The predicted octanol–water partition coefficient (Wildman–Crippen LogP) is 3.52. The van der Waals surface area contributed by atoms with E-state index in [1.165, 1.54) is 23.8 Å². The number of halogens is 2. The van der Waals surface area contributed by atoms with Crippen molar-refractivity contribution >= 4 is 23.2 Å². The molecule has 5 heteroatoms. The third kappa shape index (κ3) is 4.85. The highest BCUT2D eigenvalue weighted by atomic mass is 35.5. The van der Waals surface area contributed by atoms with Crippen LogP contribution in [0.25, 0.3) is 0 Å². The number of carbonyl (C=O) groups excluding carboxylic acids is 1. The molecule has 0 heterocycles. The Morgan fingerprint density at radius 1 is 1.24 bits per heavy atom. The quantitative estimate of drug-likeness (QED) is 0.887. The number of hydrogen-bond acceptors (Lipinski definition) is 2. The Balaban J connectivity index is 1.81. The van der Waals surface area contributed by atoms with Gasteiger partial charge in [-0.1, -0.05) is 41.4 Å². The number of benzene rings is 2. The van der Waals surface area contributed by atoms with Gasteiger partial charge >= 0.3 is 0 Å². The summed E-state index contributed by atoms with van der Waals surface area (Å²) in [7, 11) is 0. The van der Waals surface area contributed by atoms with E-state index in [1.807, 2.05) is 25.1 Å². The molecule has 0 aliphatic carbocycles. The van der Waals surface area contributed by atoms with Gasteiger partial charge in [0.25, 0.3) is 0 Å². The zero-order valence-electron chi connectivity index (χ0n) is 11.6. The van der Waals surface area contributed by atoms with Crippen LogP contribution in [-0.2, 0) is 11.3 Å². The van der Waals surface area contributed by atoms with Crippen LogP contribution in [0.1, 0.15) is 11.1 Å². The molecule has 2 aromatic rings. The van der Waals surface area contributed by atoms with Crippen molar-refractivity contribution in [3.05, 3.63) is 64.4 Å². The summed E-state index contributed by atoms with van der Waals surface area (Å²) in [6.07, 6.45) is 0. The van der Waals surface area contributed by atoms with Crippen LogP contribution in [0.15, 0.2) is 42.5 Å². The van der Waals surface area contributed by atoms with Crippen LogP contribution in [0, 0.1) is 12.7 Å². The van der Waals surface area contributed by atoms with Crippen molar-refractivity contribution in [2.24, 2.45) is 0 Å². The van der Waals surface area contributed by atoms with Crippen molar-refractivity contribution in [1.29, 1.82) is 0 Å². The van der Waals surface area contributed by atoms with Gasteiger partial charge in [-0.2, -0.15) is 0 Å². The van der Waals surface area contributed by atoms with Crippen LogP contribution >= 0.6 is 11.6 Å². The largest absolute Gasteiger partial charge is 0.325 e. The highest BCUT2D eigenvalue weighted by molar-refractivity contribution is 6.31. The van der Waals surface area contributed by atoms with Gasteiger partial charge in [0.15, 0.2) is 0 Å². The van der Waals surface area contributed by atoms with Crippen molar-refractivity contribution in [2.45, 2.75) is 13.5 Å². The van der Waals surface area contributed by atoms with Crippen LogP contribution in [0.3, 0.4) is 0 Å². The van der Waals surface area contributed by atoms with Gasteiger partial charge in [0, 0.05) is 12.2 Å². The minimum absolute atomic E-state index is 0.0134. The lowest BCUT2D eigenvalue weighted by atomic mass is 10.1. The molecule has 1 amide bonds. The Labute approximate surface area is 128 Å². The molecule has 110 valence electrons. The second kappa shape index (κ2) is 7.20. The second-order valence-electron chi connectivity index (χ2n) is 4.77. The normalized spacial score (nSPS) is 10.4. The molecule has 2 N–H and O–H groups in total. The first kappa shape index (κ1) is 15.5. The number of hydrogen-bond donors (Lipinski definition) is 2. The van der Waals surface area contributed by atoms with Crippen molar-refractivity contribution < 1.29 is 9.18 Å². The van der Waals surface area contributed by atoms with Gasteiger partial charge < -0.3 is 10.6 Å². The van der Waals surface area contributed by atoms with Crippen molar-refractivity contribution in [1.82, 2.24) is 5.32 Å². The van der Waals surface area contributed by atoms with Crippen molar-refractivity contribution in [3.8, 4) is 0 Å². The van der Waals surface area contributed by atoms with E-state index < -0.39 is 5.82 Å². The summed E-state index contributed by atoms with van der Waals surface area (Å²) in [5, 5.41) is 5.70. The molecule has 0 aliphatic rings. The molecular formula is C16H16ClFN2O. The number of amides is 1. The average Bonchev–Trinajstić information content (AvgIpc) is 2.43. The Bertz CT molecular complexity index is 646. The Morgan fingerprint density at radius 2 is 2.05 bits per heavy atom. The molecule has 0 atom stereocenters. The molecular weight excluding hydrogens is 291 g/mol. The SMILES string of the molecule is Cc1cccc(CNCC(=O)Nc2ccc(F)c(Cl)c2)c1. The van der Waals surface area contributed by atoms with Gasteiger partial charge in [0.1, 0.15) is 5.82 Å². The van der Waals surface area contributed by atoms with Gasteiger partial charge in [-0.3, -0.25) is 4.79 Å². The highest BCUT2D eigenvalue weighted by Gasteiger charge is 2.05. The Morgan fingerprint density at radius 3 is 2.76 bits per heavy atom. The maximum absolute atomic E-state index is 13.0. The fourth-order valence-electron chi connectivity index (χ4n) is 1.92. The summed E-state index contributed by atoms with van der Waals surface area (Å²) in [4.78, 5) is 11.8. The highest BCUT2D eigenvalue weighted by Crippen LogP contribution is 2.19. The van der Waals surface area contributed by atoms with E-state index in [9.17, 15) is 9.18 Å². The summed E-state index contributed by atoms with van der Waals surface area (Å²) in [6.45, 7) is 2.80. The zero-order chi connectivity index (χ0) is 15.2. The molecule has 0 fully saturated rings. The first-order chi connectivity index (χ1) is 10.0. The molecule has 0 bridgehead atoms. The molecule has 0 saturated carbocycles. The molecule has 0 unspecified atom stereocenters. The summed E-state index contributed by atoms with van der Waals surface area (Å²) in [6, 6.07) is 12.1. The standard InChI is InChI=1S/C16H16ClFN2O/c1-11-3-2-4-12(7-11)9-19-10-16(21)20-13-5-6-15(18)14(17)8-13/h2-8,19H,9-10H2,1H3,(H,20,21). The number of anilines is 1.